The second-order valence-corrected chi connectivity index (χ2v) is 5.99. The quantitative estimate of drug-likeness (QED) is 0.724. The monoisotopic (exact) mass is 375 g/mol. The highest BCUT2D eigenvalue weighted by atomic mass is 79.9. The first-order chi connectivity index (χ1) is 11.0. The number of benzene rings is 2. The first-order valence-corrected chi connectivity index (χ1v) is 7.96. The lowest BCUT2D eigenvalue weighted by Gasteiger charge is -2.18. The lowest BCUT2D eigenvalue weighted by molar-refractivity contribution is -0.121. The Balaban J connectivity index is 1.98. The smallest absolute Gasteiger partial charge is 0.312 e. The number of halogens is 1. The molecule has 0 saturated carbocycles. The van der Waals surface area contributed by atoms with Crippen molar-refractivity contribution in [3.8, 4) is 0 Å². The van der Waals surface area contributed by atoms with E-state index in [1.54, 1.807) is 0 Å². The van der Waals surface area contributed by atoms with Crippen molar-refractivity contribution < 1.29 is 9.59 Å². The van der Waals surface area contributed by atoms with Gasteiger partial charge < -0.3 is 16.4 Å². The van der Waals surface area contributed by atoms with Crippen LogP contribution in [0.1, 0.15) is 23.6 Å². The number of hydrogen-bond donors (Lipinski definition) is 3. The standard InChI is InChI=1S/C17H18BrN3O2/c18-14-8-6-13(7-9-14)15(21-17(19)23)10-16(22)20-11-12-4-2-1-3-5-12/h1-9,15H,10-11H2,(H,20,22)(H3,19,21,23)/t15-/m0/s1. The number of carbonyl (C=O) groups excluding carboxylic acids is 2. The molecular formula is C17H18BrN3O2. The van der Waals surface area contributed by atoms with Gasteiger partial charge in [-0.15, -0.1) is 0 Å². The van der Waals surface area contributed by atoms with E-state index in [0.29, 0.717) is 6.54 Å². The van der Waals surface area contributed by atoms with E-state index in [4.69, 9.17) is 5.73 Å². The molecule has 23 heavy (non-hydrogen) atoms. The van der Waals surface area contributed by atoms with Crippen molar-refractivity contribution in [1.82, 2.24) is 10.6 Å². The highest BCUT2D eigenvalue weighted by molar-refractivity contribution is 9.10. The number of nitrogens with two attached hydrogens (primary N) is 1. The van der Waals surface area contributed by atoms with E-state index in [1.165, 1.54) is 0 Å². The largest absolute Gasteiger partial charge is 0.352 e. The van der Waals surface area contributed by atoms with Gasteiger partial charge in [-0.05, 0) is 23.3 Å². The zero-order valence-corrected chi connectivity index (χ0v) is 14.0. The summed E-state index contributed by atoms with van der Waals surface area (Å²) in [4.78, 5) is 23.3. The lowest BCUT2D eigenvalue weighted by Crippen LogP contribution is -2.36. The second-order valence-electron chi connectivity index (χ2n) is 5.08. The van der Waals surface area contributed by atoms with Crippen molar-refractivity contribution in [2.75, 3.05) is 0 Å². The molecule has 0 aliphatic carbocycles. The molecule has 4 N–H and O–H groups in total. The normalized spacial score (nSPS) is 11.5. The van der Waals surface area contributed by atoms with Crippen molar-refractivity contribution >= 4 is 27.9 Å². The molecule has 0 fully saturated rings. The predicted octanol–water partition coefficient (Wildman–Crippen LogP) is 2.87. The van der Waals surface area contributed by atoms with Crippen molar-refractivity contribution in [3.05, 3.63) is 70.2 Å². The van der Waals surface area contributed by atoms with Crippen molar-refractivity contribution in [3.63, 3.8) is 0 Å². The zero-order chi connectivity index (χ0) is 16.7. The van der Waals surface area contributed by atoms with Crippen LogP contribution in [0.2, 0.25) is 0 Å². The molecule has 0 aromatic heterocycles. The first kappa shape index (κ1) is 17.0. The average Bonchev–Trinajstić information content (AvgIpc) is 2.53. The van der Waals surface area contributed by atoms with E-state index >= 15 is 0 Å². The van der Waals surface area contributed by atoms with Crippen LogP contribution < -0.4 is 16.4 Å². The van der Waals surface area contributed by atoms with Crippen molar-refractivity contribution in [1.29, 1.82) is 0 Å². The summed E-state index contributed by atoms with van der Waals surface area (Å²) in [5, 5.41) is 5.45. The maximum atomic E-state index is 12.1. The van der Waals surface area contributed by atoms with Gasteiger partial charge in [-0.2, -0.15) is 0 Å². The third-order valence-electron chi connectivity index (χ3n) is 3.31. The number of hydrogen-bond acceptors (Lipinski definition) is 2. The minimum atomic E-state index is -0.659. The van der Waals surface area contributed by atoms with E-state index in [-0.39, 0.29) is 12.3 Å². The molecule has 3 amide bonds. The summed E-state index contributed by atoms with van der Waals surface area (Å²) >= 11 is 3.36. The summed E-state index contributed by atoms with van der Waals surface area (Å²) in [6.45, 7) is 0.448. The maximum absolute atomic E-state index is 12.1. The number of primary amides is 1. The molecule has 0 aliphatic heterocycles. The molecule has 0 radical (unpaired) electrons. The van der Waals surface area contributed by atoms with Gasteiger partial charge in [0.05, 0.1) is 12.5 Å². The Morgan fingerprint density at radius 2 is 1.70 bits per heavy atom. The van der Waals surface area contributed by atoms with Crippen LogP contribution in [-0.4, -0.2) is 11.9 Å². The second kappa shape index (κ2) is 8.33. The number of rotatable bonds is 6. The minimum absolute atomic E-state index is 0.122. The molecular weight excluding hydrogens is 358 g/mol. The third kappa shape index (κ3) is 5.75. The molecule has 5 nitrogen and oxygen atoms in total. The molecule has 2 rings (SSSR count). The molecule has 2 aromatic carbocycles. The highest BCUT2D eigenvalue weighted by Gasteiger charge is 2.17. The Morgan fingerprint density at radius 1 is 1.04 bits per heavy atom. The highest BCUT2D eigenvalue weighted by Crippen LogP contribution is 2.19. The summed E-state index contributed by atoms with van der Waals surface area (Å²) < 4.78 is 0.924. The lowest BCUT2D eigenvalue weighted by atomic mass is 10.0. The van der Waals surface area contributed by atoms with Gasteiger partial charge in [-0.25, -0.2) is 4.79 Å². The maximum Gasteiger partial charge on any atom is 0.312 e. The van der Waals surface area contributed by atoms with E-state index < -0.39 is 12.1 Å². The first-order valence-electron chi connectivity index (χ1n) is 7.16. The fourth-order valence-electron chi connectivity index (χ4n) is 2.17. The van der Waals surface area contributed by atoms with Crippen LogP contribution in [0, 0.1) is 0 Å². The van der Waals surface area contributed by atoms with Gasteiger partial charge in [-0.3, -0.25) is 4.79 Å². The molecule has 1 atom stereocenters. The molecule has 0 bridgehead atoms. The molecule has 120 valence electrons. The average molecular weight is 376 g/mol. The number of amides is 3. The predicted molar refractivity (Wildman–Crippen MR) is 92.5 cm³/mol. The SMILES string of the molecule is NC(=O)N[C@@H](CC(=O)NCc1ccccc1)c1ccc(Br)cc1. The van der Waals surface area contributed by atoms with Crippen LogP contribution in [0.3, 0.4) is 0 Å². The molecule has 6 heteroatoms. The summed E-state index contributed by atoms with van der Waals surface area (Å²) in [5.74, 6) is -0.157. The van der Waals surface area contributed by atoms with Gasteiger partial charge in [0, 0.05) is 11.0 Å². The summed E-state index contributed by atoms with van der Waals surface area (Å²) in [6, 6.07) is 15.9. The molecule has 0 unspecified atom stereocenters. The Morgan fingerprint density at radius 3 is 2.30 bits per heavy atom. The van der Waals surface area contributed by atoms with Crippen LogP contribution in [-0.2, 0) is 11.3 Å². The van der Waals surface area contributed by atoms with Crippen LogP contribution in [0.15, 0.2) is 59.1 Å². The Kier molecular flexibility index (Phi) is 6.17. The topological polar surface area (TPSA) is 84.2 Å². The van der Waals surface area contributed by atoms with Crippen LogP contribution in [0.25, 0.3) is 0 Å². The van der Waals surface area contributed by atoms with Gasteiger partial charge in [0.15, 0.2) is 0 Å². The van der Waals surface area contributed by atoms with Crippen molar-refractivity contribution in [2.24, 2.45) is 5.73 Å². The van der Waals surface area contributed by atoms with Gasteiger partial charge in [0.1, 0.15) is 0 Å². The van der Waals surface area contributed by atoms with Gasteiger partial charge in [-0.1, -0.05) is 58.4 Å². The van der Waals surface area contributed by atoms with E-state index in [9.17, 15) is 9.59 Å². The fraction of sp³-hybridized carbons (Fsp3) is 0.176. The van der Waals surface area contributed by atoms with E-state index in [1.807, 2.05) is 54.6 Å². The molecule has 2 aromatic rings. The van der Waals surface area contributed by atoms with Gasteiger partial charge in [0.25, 0.3) is 0 Å². The summed E-state index contributed by atoms with van der Waals surface area (Å²) in [5.41, 5.74) is 7.05. The fourth-order valence-corrected chi connectivity index (χ4v) is 2.44. The van der Waals surface area contributed by atoms with Gasteiger partial charge >= 0.3 is 6.03 Å². The Labute approximate surface area is 143 Å². The molecule has 0 heterocycles. The zero-order valence-electron chi connectivity index (χ0n) is 12.5. The van der Waals surface area contributed by atoms with Crippen LogP contribution >= 0.6 is 15.9 Å². The van der Waals surface area contributed by atoms with E-state index in [0.717, 1.165) is 15.6 Å². The van der Waals surface area contributed by atoms with Gasteiger partial charge in [0.2, 0.25) is 5.91 Å². The summed E-state index contributed by atoms with van der Waals surface area (Å²) in [6.07, 6.45) is 0.122. The molecule has 0 spiro atoms. The molecule has 0 aliphatic rings. The van der Waals surface area contributed by atoms with Crippen LogP contribution in [0.4, 0.5) is 4.79 Å². The van der Waals surface area contributed by atoms with E-state index in [2.05, 4.69) is 26.6 Å². The molecule has 0 saturated heterocycles. The number of nitrogens with one attached hydrogen (secondary N) is 2. The number of urea groups is 1. The minimum Gasteiger partial charge on any atom is -0.352 e. The summed E-state index contributed by atoms with van der Waals surface area (Å²) in [7, 11) is 0. The van der Waals surface area contributed by atoms with Crippen LogP contribution in [0.5, 0.6) is 0 Å². The third-order valence-corrected chi connectivity index (χ3v) is 3.84. The Hall–Kier alpha value is -2.34. The Bertz CT molecular complexity index is 659. The van der Waals surface area contributed by atoms with Crippen molar-refractivity contribution in [2.45, 2.75) is 19.0 Å². The number of carbonyl (C=O) groups is 2.